The second kappa shape index (κ2) is 11.7. The van der Waals surface area contributed by atoms with E-state index in [1.807, 2.05) is 0 Å². The predicted molar refractivity (Wildman–Crippen MR) is 129 cm³/mol. The van der Waals surface area contributed by atoms with Gasteiger partial charge >= 0.3 is 6.18 Å². The van der Waals surface area contributed by atoms with Crippen LogP contribution in [-0.2, 0) is 16.6 Å². The molecule has 1 aliphatic rings. The first-order chi connectivity index (χ1) is 18.1. The van der Waals surface area contributed by atoms with Crippen molar-refractivity contribution < 1.29 is 40.7 Å². The fraction of sp³-hybridized carbons (Fsp3) is 0.520. The van der Waals surface area contributed by atoms with Crippen molar-refractivity contribution in [1.29, 1.82) is 0 Å². The topological polar surface area (TPSA) is 105 Å². The highest BCUT2D eigenvalue weighted by molar-refractivity contribution is 6.00. The minimum absolute atomic E-state index is 0.0538. The molecule has 2 atom stereocenters. The highest BCUT2D eigenvalue weighted by Crippen LogP contribution is 2.38. The molecule has 14 heteroatoms. The zero-order valence-corrected chi connectivity index (χ0v) is 21.5. The van der Waals surface area contributed by atoms with E-state index < -0.39 is 72.9 Å². The molecule has 1 aromatic carbocycles. The Bertz CT molecular complexity index is 1220. The number of carbonyl (C=O) groups excluding carboxylic acids is 3. The van der Waals surface area contributed by atoms with E-state index in [1.54, 1.807) is 5.32 Å². The highest BCUT2D eigenvalue weighted by Gasteiger charge is 2.41. The predicted octanol–water partition coefficient (Wildman–Crippen LogP) is 4.21. The molecule has 1 unspecified atom stereocenters. The van der Waals surface area contributed by atoms with E-state index in [1.165, 1.54) is 43.9 Å². The Morgan fingerprint density at radius 2 is 1.79 bits per heavy atom. The molecule has 1 fully saturated rings. The van der Waals surface area contributed by atoms with E-state index in [2.05, 4.69) is 15.7 Å². The number of alkyl halides is 5. The van der Waals surface area contributed by atoms with E-state index in [4.69, 9.17) is 0 Å². The Kier molecular flexibility index (Phi) is 8.96. The molecule has 0 radical (unpaired) electrons. The molecular weight excluding hydrogens is 532 g/mol. The van der Waals surface area contributed by atoms with Gasteiger partial charge in [-0.3, -0.25) is 19.1 Å². The van der Waals surface area contributed by atoms with Gasteiger partial charge in [-0.1, -0.05) is 0 Å². The van der Waals surface area contributed by atoms with Crippen LogP contribution in [0.1, 0.15) is 60.1 Å². The van der Waals surface area contributed by atoms with Gasteiger partial charge in [0.05, 0.1) is 11.6 Å². The molecule has 0 bridgehead atoms. The summed E-state index contributed by atoms with van der Waals surface area (Å²) >= 11 is 0. The molecule has 3 amide bonds. The number of halogens is 6. The summed E-state index contributed by atoms with van der Waals surface area (Å²) in [6, 6.07) is 2.29. The Labute approximate surface area is 220 Å². The number of anilines is 1. The van der Waals surface area contributed by atoms with Gasteiger partial charge < -0.3 is 16.0 Å². The minimum Gasteiger partial charge on any atom is -0.346 e. The molecule has 1 aliphatic carbocycles. The summed E-state index contributed by atoms with van der Waals surface area (Å²) < 4.78 is 81.1. The standard InChI is InChI=1S/C25H29F6N5O3/c1-13-10-18(17(26)11-16(13)14(2)21(37)32-12-25(29,30)31)34-23(39)20(15-4-7-24(27,28)8-5-15)35-22(38)19-6-9-33-36(19)3/h6,9-11,14-15,20H,4-5,7-8,12H2,1-3H3,(H,32,37)(H,34,39)(H,35,38)/t14?,20-/m0/s1. The third-order valence-corrected chi connectivity index (χ3v) is 6.79. The molecule has 1 saturated carbocycles. The molecule has 39 heavy (non-hydrogen) atoms. The zero-order chi connectivity index (χ0) is 29.1. The molecule has 3 N–H and O–H groups in total. The minimum atomic E-state index is -4.61. The Morgan fingerprint density at radius 1 is 1.15 bits per heavy atom. The van der Waals surface area contributed by atoms with Crippen LogP contribution in [0.25, 0.3) is 0 Å². The Morgan fingerprint density at radius 3 is 2.36 bits per heavy atom. The van der Waals surface area contributed by atoms with Gasteiger partial charge in [-0.15, -0.1) is 0 Å². The van der Waals surface area contributed by atoms with Gasteiger partial charge in [-0.2, -0.15) is 18.3 Å². The number of hydrogen-bond donors (Lipinski definition) is 3. The average molecular weight is 562 g/mol. The molecule has 1 aromatic heterocycles. The quantitative estimate of drug-likeness (QED) is 0.420. The fourth-order valence-corrected chi connectivity index (χ4v) is 4.56. The monoisotopic (exact) mass is 561 g/mol. The summed E-state index contributed by atoms with van der Waals surface area (Å²) in [5.41, 5.74) is 0.248. The van der Waals surface area contributed by atoms with Crippen molar-refractivity contribution in [2.45, 2.75) is 63.6 Å². The maximum absolute atomic E-state index is 15.0. The highest BCUT2D eigenvalue weighted by atomic mass is 19.4. The van der Waals surface area contributed by atoms with E-state index >= 15 is 4.39 Å². The second-order valence-electron chi connectivity index (χ2n) is 9.72. The van der Waals surface area contributed by atoms with E-state index in [0.29, 0.717) is 5.56 Å². The number of rotatable bonds is 8. The first-order valence-electron chi connectivity index (χ1n) is 12.2. The second-order valence-corrected chi connectivity index (χ2v) is 9.72. The number of nitrogens with one attached hydrogen (secondary N) is 3. The molecule has 0 aliphatic heterocycles. The number of amides is 3. The van der Waals surface area contributed by atoms with Crippen molar-refractivity contribution in [2.24, 2.45) is 13.0 Å². The summed E-state index contributed by atoms with van der Waals surface area (Å²) in [6.07, 6.45) is -4.29. The number of aryl methyl sites for hydroxylation is 2. The molecule has 1 heterocycles. The number of aromatic nitrogens is 2. The van der Waals surface area contributed by atoms with Gasteiger partial charge in [-0.05, 0) is 61.9 Å². The first-order valence-corrected chi connectivity index (χ1v) is 12.2. The van der Waals surface area contributed by atoms with Gasteiger partial charge in [0.15, 0.2) is 0 Å². The molecule has 2 aromatic rings. The molecular formula is C25H29F6N5O3. The third-order valence-electron chi connectivity index (χ3n) is 6.79. The van der Waals surface area contributed by atoms with Crippen LogP contribution in [0.2, 0.25) is 0 Å². The van der Waals surface area contributed by atoms with E-state index in [-0.39, 0.29) is 29.8 Å². The molecule has 214 valence electrons. The summed E-state index contributed by atoms with van der Waals surface area (Å²) in [6.45, 7) is 1.27. The van der Waals surface area contributed by atoms with Crippen LogP contribution in [0, 0.1) is 18.7 Å². The van der Waals surface area contributed by atoms with Gasteiger partial charge in [0, 0.05) is 26.1 Å². The van der Waals surface area contributed by atoms with Crippen LogP contribution in [0.15, 0.2) is 24.4 Å². The first kappa shape index (κ1) is 30.0. The van der Waals surface area contributed by atoms with Crippen LogP contribution in [0.4, 0.5) is 32.0 Å². The lowest BCUT2D eigenvalue weighted by Gasteiger charge is -2.33. The SMILES string of the molecule is Cc1cc(NC(=O)[C@@H](NC(=O)c2ccnn2C)C2CCC(F)(F)CC2)c(F)cc1C(C)C(=O)NCC(F)(F)F. The number of nitrogens with zero attached hydrogens (tertiary/aromatic N) is 2. The maximum Gasteiger partial charge on any atom is 0.405 e. The summed E-state index contributed by atoms with van der Waals surface area (Å²) in [7, 11) is 1.51. The summed E-state index contributed by atoms with van der Waals surface area (Å²) in [5, 5.41) is 10.6. The van der Waals surface area contributed by atoms with Crippen molar-refractivity contribution in [3.8, 4) is 0 Å². The lowest BCUT2D eigenvalue weighted by Crippen LogP contribution is -2.50. The van der Waals surface area contributed by atoms with Crippen molar-refractivity contribution in [1.82, 2.24) is 20.4 Å². The van der Waals surface area contributed by atoms with E-state index in [9.17, 15) is 36.3 Å². The van der Waals surface area contributed by atoms with Gasteiger partial charge in [0.1, 0.15) is 24.1 Å². The number of carbonyl (C=O) groups is 3. The molecule has 0 spiro atoms. The van der Waals surface area contributed by atoms with Crippen molar-refractivity contribution >= 4 is 23.4 Å². The fourth-order valence-electron chi connectivity index (χ4n) is 4.56. The van der Waals surface area contributed by atoms with Crippen molar-refractivity contribution in [3.05, 3.63) is 47.0 Å². The summed E-state index contributed by atoms with van der Waals surface area (Å²) in [5.74, 6) is -8.08. The van der Waals surface area contributed by atoms with Crippen LogP contribution < -0.4 is 16.0 Å². The lowest BCUT2D eigenvalue weighted by atomic mass is 9.81. The van der Waals surface area contributed by atoms with Crippen LogP contribution >= 0.6 is 0 Å². The average Bonchev–Trinajstić information content (AvgIpc) is 3.28. The van der Waals surface area contributed by atoms with Crippen LogP contribution in [0.5, 0.6) is 0 Å². The van der Waals surface area contributed by atoms with Crippen LogP contribution in [0.3, 0.4) is 0 Å². The zero-order valence-electron chi connectivity index (χ0n) is 21.5. The molecule has 3 rings (SSSR count). The maximum atomic E-state index is 15.0. The molecule has 8 nitrogen and oxygen atoms in total. The smallest absolute Gasteiger partial charge is 0.346 e. The Balaban J connectivity index is 1.80. The number of hydrogen-bond acceptors (Lipinski definition) is 4. The van der Waals surface area contributed by atoms with Crippen LogP contribution in [-0.4, -0.2) is 52.2 Å². The van der Waals surface area contributed by atoms with E-state index in [0.717, 1.165) is 6.07 Å². The third kappa shape index (κ3) is 7.73. The normalized spacial score (nSPS) is 17.3. The molecule has 0 saturated heterocycles. The lowest BCUT2D eigenvalue weighted by molar-refractivity contribution is -0.139. The van der Waals surface area contributed by atoms with Gasteiger partial charge in [0.2, 0.25) is 17.7 Å². The largest absolute Gasteiger partial charge is 0.405 e. The Hall–Kier alpha value is -3.58. The summed E-state index contributed by atoms with van der Waals surface area (Å²) in [4.78, 5) is 38.2. The van der Waals surface area contributed by atoms with Crippen molar-refractivity contribution in [2.75, 3.05) is 11.9 Å². The number of benzene rings is 1. The van der Waals surface area contributed by atoms with Gasteiger partial charge in [0.25, 0.3) is 5.91 Å². The van der Waals surface area contributed by atoms with Gasteiger partial charge in [-0.25, -0.2) is 13.2 Å². The van der Waals surface area contributed by atoms with Crippen molar-refractivity contribution in [3.63, 3.8) is 0 Å².